The molecule has 0 aliphatic rings. The average Bonchev–Trinajstić information content (AvgIpc) is 2.97. The number of benzene rings is 1. The van der Waals surface area contributed by atoms with Crippen molar-refractivity contribution in [2.75, 3.05) is 0 Å². The SMILES string of the molecule is Cc1ccc(Cn2ccc(-c3ccc(C(F)F)c(F)c3)n2)nn1. The van der Waals surface area contributed by atoms with Gasteiger partial charge in [0, 0.05) is 11.8 Å². The van der Waals surface area contributed by atoms with Gasteiger partial charge in [-0.1, -0.05) is 6.07 Å². The first-order chi connectivity index (χ1) is 11.0. The van der Waals surface area contributed by atoms with Crippen molar-refractivity contribution >= 4 is 0 Å². The van der Waals surface area contributed by atoms with E-state index < -0.39 is 17.8 Å². The van der Waals surface area contributed by atoms with Crippen LogP contribution in [0.3, 0.4) is 0 Å². The highest BCUT2D eigenvalue weighted by molar-refractivity contribution is 5.59. The van der Waals surface area contributed by atoms with Crippen molar-refractivity contribution in [3.05, 3.63) is 65.4 Å². The molecule has 0 bridgehead atoms. The summed E-state index contributed by atoms with van der Waals surface area (Å²) in [4.78, 5) is 0. The van der Waals surface area contributed by atoms with Crippen LogP contribution >= 0.6 is 0 Å². The molecule has 0 atom stereocenters. The van der Waals surface area contributed by atoms with Crippen LogP contribution in [0.2, 0.25) is 0 Å². The van der Waals surface area contributed by atoms with Crippen LogP contribution in [-0.4, -0.2) is 20.0 Å². The van der Waals surface area contributed by atoms with E-state index in [1.807, 2.05) is 19.1 Å². The Balaban J connectivity index is 1.81. The van der Waals surface area contributed by atoms with Gasteiger partial charge >= 0.3 is 0 Å². The summed E-state index contributed by atoms with van der Waals surface area (Å²) in [6.07, 6.45) is -1.11. The molecule has 0 unspecified atom stereocenters. The monoisotopic (exact) mass is 318 g/mol. The predicted molar refractivity (Wildman–Crippen MR) is 78.4 cm³/mol. The van der Waals surface area contributed by atoms with E-state index in [1.165, 1.54) is 6.07 Å². The van der Waals surface area contributed by atoms with Gasteiger partial charge in [0.1, 0.15) is 5.82 Å². The molecular weight excluding hydrogens is 305 g/mol. The molecule has 0 spiro atoms. The van der Waals surface area contributed by atoms with Crippen LogP contribution in [0.15, 0.2) is 42.6 Å². The third-order valence-electron chi connectivity index (χ3n) is 3.35. The maximum Gasteiger partial charge on any atom is 0.266 e. The maximum atomic E-state index is 13.6. The molecule has 0 saturated carbocycles. The predicted octanol–water partition coefficient (Wildman–Crippen LogP) is 3.77. The largest absolute Gasteiger partial charge is 0.266 e. The molecule has 2 heterocycles. The second-order valence-electron chi connectivity index (χ2n) is 5.10. The van der Waals surface area contributed by atoms with Gasteiger partial charge in [-0.05, 0) is 37.3 Å². The first-order valence-electron chi connectivity index (χ1n) is 6.93. The minimum absolute atomic E-state index is 0.422. The first kappa shape index (κ1) is 15.2. The second-order valence-corrected chi connectivity index (χ2v) is 5.10. The van der Waals surface area contributed by atoms with Gasteiger partial charge in [0.2, 0.25) is 0 Å². The zero-order valence-corrected chi connectivity index (χ0v) is 12.2. The zero-order valence-electron chi connectivity index (χ0n) is 12.2. The molecular formula is C16H13F3N4. The number of halogens is 3. The Morgan fingerprint density at radius 3 is 2.57 bits per heavy atom. The van der Waals surface area contributed by atoms with Gasteiger partial charge in [0.25, 0.3) is 6.43 Å². The molecule has 1 aromatic carbocycles. The van der Waals surface area contributed by atoms with Crippen molar-refractivity contribution in [2.45, 2.75) is 19.9 Å². The number of hydrogen-bond donors (Lipinski definition) is 0. The molecule has 0 aliphatic heterocycles. The van der Waals surface area contributed by atoms with E-state index in [9.17, 15) is 13.2 Å². The second kappa shape index (κ2) is 6.20. The Bertz CT molecular complexity index is 812. The highest BCUT2D eigenvalue weighted by Crippen LogP contribution is 2.26. The van der Waals surface area contributed by atoms with Gasteiger partial charge in [0.15, 0.2) is 0 Å². The molecule has 0 amide bonds. The smallest absolute Gasteiger partial charge is 0.266 e. The number of nitrogens with zero attached hydrogens (tertiary/aromatic N) is 4. The quantitative estimate of drug-likeness (QED) is 0.735. The summed E-state index contributed by atoms with van der Waals surface area (Å²) in [5.41, 5.74) is 1.91. The van der Waals surface area contributed by atoms with Crippen LogP contribution < -0.4 is 0 Å². The number of aryl methyl sites for hydroxylation is 1. The average molecular weight is 318 g/mol. The van der Waals surface area contributed by atoms with Crippen molar-refractivity contribution in [2.24, 2.45) is 0 Å². The van der Waals surface area contributed by atoms with E-state index in [1.54, 1.807) is 16.9 Å². The fourth-order valence-electron chi connectivity index (χ4n) is 2.14. The minimum atomic E-state index is -2.83. The van der Waals surface area contributed by atoms with Crippen molar-refractivity contribution in [1.29, 1.82) is 0 Å². The van der Waals surface area contributed by atoms with Crippen molar-refractivity contribution in [3.63, 3.8) is 0 Å². The molecule has 4 nitrogen and oxygen atoms in total. The summed E-state index contributed by atoms with van der Waals surface area (Å²) in [7, 11) is 0. The van der Waals surface area contributed by atoms with Crippen LogP contribution in [0.5, 0.6) is 0 Å². The Labute approximate surface area is 130 Å². The van der Waals surface area contributed by atoms with Crippen LogP contribution in [0.25, 0.3) is 11.3 Å². The topological polar surface area (TPSA) is 43.6 Å². The number of rotatable bonds is 4. The van der Waals surface area contributed by atoms with Crippen LogP contribution in [0.4, 0.5) is 13.2 Å². The zero-order chi connectivity index (χ0) is 16.4. The normalized spacial score (nSPS) is 11.2. The molecule has 3 aromatic rings. The molecule has 0 N–H and O–H groups in total. The Hall–Kier alpha value is -2.70. The minimum Gasteiger partial charge on any atom is -0.266 e. The van der Waals surface area contributed by atoms with E-state index >= 15 is 0 Å². The summed E-state index contributed by atoms with van der Waals surface area (Å²) >= 11 is 0. The molecule has 0 fully saturated rings. The lowest BCUT2D eigenvalue weighted by molar-refractivity contribution is 0.146. The van der Waals surface area contributed by atoms with Crippen LogP contribution in [0, 0.1) is 12.7 Å². The third-order valence-corrected chi connectivity index (χ3v) is 3.35. The molecule has 0 saturated heterocycles. The fraction of sp³-hybridized carbons (Fsp3) is 0.188. The van der Waals surface area contributed by atoms with E-state index in [2.05, 4.69) is 15.3 Å². The highest BCUT2D eigenvalue weighted by Gasteiger charge is 2.14. The third kappa shape index (κ3) is 3.39. The summed E-state index contributed by atoms with van der Waals surface area (Å²) < 4.78 is 40.4. The summed E-state index contributed by atoms with van der Waals surface area (Å²) in [6.45, 7) is 2.27. The van der Waals surface area contributed by atoms with E-state index in [4.69, 9.17) is 0 Å². The lowest BCUT2D eigenvalue weighted by atomic mass is 10.1. The van der Waals surface area contributed by atoms with Crippen molar-refractivity contribution in [3.8, 4) is 11.3 Å². The lowest BCUT2D eigenvalue weighted by Gasteiger charge is -2.04. The highest BCUT2D eigenvalue weighted by atomic mass is 19.3. The van der Waals surface area contributed by atoms with Gasteiger partial charge in [-0.25, -0.2) is 13.2 Å². The van der Waals surface area contributed by atoms with Crippen LogP contribution in [0.1, 0.15) is 23.4 Å². The molecule has 3 rings (SSSR count). The number of hydrogen-bond acceptors (Lipinski definition) is 3. The summed E-state index contributed by atoms with van der Waals surface area (Å²) in [6, 6.07) is 8.98. The summed E-state index contributed by atoms with van der Waals surface area (Å²) in [5, 5.41) is 12.3. The van der Waals surface area contributed by atoms with E-state index in [0.717, 1.165) is 23.5 Å². The van der Waals surface area contributed by atoms with Gasteiger partial charge in [-0.15, -0.1) is 0 Å². The van der Waals surface area contributed by atoms with Crippen molar-refractivity contribution < 1.29 is 13.2 Å². The Kier molecular flexibility index (Phi) is 4.10. The van der Waals surface area contributed by atoms with Gasteiger partial charge < -0.3 is 0 Å². The van der Waals surface area contributed by atoms with E-state index in [0.29, 0.717) is 17.8 Å². The molecule has 0 aliphatic carbocycles. The maximum absolute atomic E-state index is 13.6. The van der Waals surface area contributed by atoms with Gasteiger partial charge in [-0.3, -0.25) is 4.68 Å². The molecule has 23 heavy (non-hydrogen) atoms. The molecule has 0 radical (unpaired) electrons. The Morgan fingerprint density at radius 1 is 1.09 bits per heavy atom. The van der Waals surface area contributed by atoms with E-state index in [-0.39, 0.29) is 0 Å². The Morgan fingerprint density at radius 2 is 1.91 bits per heavy atom. The van der Waals surface area contributed by atoms with Gasteiger partial charge in [0.05, 0.1) is 29.2 Å². The fourth-order valence-corrected chi connectivity index (χ4v) is 2.14. The number of aromatic nitrogens is 4. The molecule has 118 valence electrons. The lowest BCUT2D eigenvalue weighted by Crippen LogP contribution is -2.04. The molecule has 2 aromatic heterocycles. The van der Waals surface area contributed by atoms with Crippen LogP contribution in [-0.2, 0) is 6.54 Å². The van der Waals surface area contributed by atoms with Gasteiger partial charge in [-0.2, -0.15) is 15.3 Å². The van der Waals surface area contributed by atoms with Crippen molar-refractivity contribution in [1.82, 2.24) is 20.0 Å². The summed E-state index contributed by atoms with van der Waals surface area (Å²) in [5.74, 6) is -0.934. The number of alkyl halides is 2. The standard InChI is InChI=1S/C16H13F3N4/c1-10-2-4-12(21-20-10)9-23-7-6-15(22-23)11-3-5-13(16(18)19)14(17)8-11/h2-8,16H,9H2,1H3. The molecule has 7 heteroatoms. The first-order valence-corrected chi connectivity index (χ1v) is 6.93.